The van der Waals surface area contributed by atoms with Gasteiger partial charge in [-0.05, 0) is 107 Å². The molecule has 4 aliphatic heterocycles. The summed E-state index contributed by atoms with van der Waals surface area (Å²) in [5.74, 6) is 1.28. The first-order valence-corrected chi connectivity index (χ1v) is 50.5. The van der Waals surface area contributed by atoms with Gasteiger partial charge in [-0.15, -0.1) is 20.4 Å². The van der Waals surface area contributed by atoms with Gasteiger partial charge in [-0.25, -0.2) is 0 Å². The van der Waals surface area contributed by atoms with Crippen LogP contribution < -0.4 is 233 Å². The molecule has 16 aromatic rings. The van der Waals surface area contributed by atoms with E-state index >= 15 is 0 Å². The van der Waals surface area contributed by atoms with Crippen molar-refractivity contribution >= 4 is 208 Å². The van der Waals surface area contributed by atoms with Gasteiger partial charge in [0.25, 0.3) is 6.47 Å². The van der Waals surface area contributed by atoms with Gasteiger partial charge in [0.15, 0.2) is 16.8 Å². The summed E-state index contributed by atoms with van der Waals surface area (Å²) in [5, 5.41) is 60.1. The summed E-state index contributed by atoms with van der Waals surface area (Å²) in [6.07, 6.45) is 0. The molecule has 2 atom stereocenters. The van der Waals surface area contributed by atoms with Crippen LogP contribution in [0.2, 0.25) is 25.2 Å². The van der Waals surface area contributed by atoms with Gasteiger partial charge < -0.3 is 62.2 Å². The van der Waals surface area contributed by atoms with Gasteiger partial charge in [-0.1, -0.05) is 446 Å². The van der Waals surface area contributed by atoms with Crippen LogP contribution in [0.3, 0.4) is 0 Å². The summed E-state index contributed by atoms with van der Waals surface area (Å²) in [4.78, 5) is 50.9. The normalized spacial score (nSPS) is 13.7. The van der Waals surface area contributed by atoms with Crippen LogP contribution in [0.25, 0.3) is 11.3 Å². The molecule has 4 aliphatic rings. The first kappa shape index (κ1) is 113. The Bertz CT molecular complexity index is 5540. The van der Waals surface area contributed by atoms with Crippen molar-refractivity contribution in [2.24, 2.45) is 0 Å². The van der Waals surface area contributed by atoms with Crippen molar-refractivity contribution in [3.05, 3.63) is 426 Å². The number of piperazine rings is 2. The van der Waals surface area contributed by atoms with Crippen LogP contribution in [-0.4, -0.2) is 153 Å². The van der Waals surface area contributed by atoms with E-state index in [1.807, 2.05) is 19.6 Å². The second-order valence-electron chi connectivity index (χ2n) is 30.2. The van der Waals surface area contributed by atoms with E-state index in [1.165, 1.54) is 69.7 Å². The van der Waals surface area contributed by atoms with Crippen LogP contribution >= 0.6 is 89.7 Å². The third-order valence-corrected chi connectivity index (χ3v) is 33.0. The van der Waals surface area contributed by atoms with Crippen molar-refractivity contribution < 1.29 is 204 Å². The Balaban J connectivity index is 0.000000182. The quantitative estimate of drug-likeness (QED) is 0.0224. The number of halogens is 5. The Morgan fingerprint density at radius 2 is 0.619 bits per heavy atom. The molecule has 4 saturated heterocycles. The third kappa shape index (κ3) is 33.5. The van der Waals surface area contributed by atoms with Gasteiger partial charge in [-0.2, -0.15) is 9.97 Å². The number of ether oxygens (including phenoxy) is 2. The second-order valence-corrected chi connectivity index (χ2v) is 41.0. The largest absolute Gasteiger partial charge is 1.00 e. The molecule has 0 bridgehead atoms. The summed E-state index contributed by atoms with van der Waals surface area (Å²) in [6.45, 7) is 4.82. The van der Waals surface area contributed by atoms with E-state index in [4.69, 9.17) is 99.0 Å². The molecule has 2 amide bonds. The van der Waals surface area contributed by atoms with Crippen LogP contribution in [0.15, 0.2) is 400 Å². The van der Waals surface area contributed by atoms with Gasteiger partial charge in [0.2, 0.25) is 23.7 Å². The van der Waals surface area contributed by atoms with Gasteiger partial charge in [0.1, 0.15) is 18.9 Å². The number of hydrogen-bond donors (Lipinski definition) is 4. The van der Waals surface area contributed by atoms with Crippen LogP contribution in [0, 0.1) is 0 Å². The van der Waals surface area contributed by atoms with E-state index in [-0.39, 0.29) is 230 Å². The molecule has 2 aromatic heterocycles. The molecule has 0 unspecified atom stereocenters. The molecule has 20 rings (SSSR count). The molecule has 6 heterocycles. The zero-order valence-corrected chi connectivity index (χ0v) is 97.3. The molecule has 14 aromatic carbocycles. The summed E-state index contributed by atoms with van der Waals surface area (Å²) in [6, 6.07) is 139. The number of hydrogen-bond acceptors (Lipinski definition) is 19. The van der Waals surface area contributed by atoms with Gasteiger partial charge in [0.05, 0.1) is 45.4 Å². The molecule has 4 fully saturated rings. The van der Waals surface area contributed by atoms with E-state index in [0.29, 0.717) is 90.7 Å². The number of fused-ring (bicyclic) bond motifs is 2. The second kappa shape index (κ2) is 61.0. The first-order chi connectivity index (χ1) is 66.5. The van der Waals surface area contributed by atoms with E-state index < -0.39 is 38.8 Å². The summed E-state index contributed by atoms with van der Waals surface area (Å²) in [7, 11) is -3.35. The Morgan fingerprint density at radius 1 is 0.367 bits per heavy atom. The average molecular weight is 2350 g/mol. The Morgan fingerprint density at radius 3 is 0.863 bits per heavy atom. The van der Waals surface area contributed by atoms with Crippen LogP contribution in [0.5, 0.6) is 0 Å². The van der Waals surface area contributed by atoms with Gasteiger partial charge in [0, 0.05) is 70.7 Å². The summed E-state index contributed by atoms with van der Waals surface area (Å²) in [5.41, 5.74) is 12.9. The topological polar surface area (TPSA) is 285 Å². The number of anilines is 4. The Hall–Kier alpha value is -7.49. The number of nitrogens with two attached hydrogens (primary N) is 2. The minimum absolute atomic E-state index is 0. The molecule has 0 spiro atoms. The SMILES string of the molecule is Nc1nc(N2CCN3C(=O)COC[C@H]3C2)nnc1-c1cccc(Cl)c1Cl.Nc1nc(N2CCN3C(=O)COC[C@H]3C2)nnc1Cl.O=CO[O-].OB(O)c1cccc(Cl)c1Cl.[Cs+].[Cs+].[H-].[Pd].c1ccc(P(c2ccccc2)c2ccccc2)cc1.c1ccc(P(c2ccccc2)c2ccccc2)cc1.c1ccc(P(c2ccccc2)c2ccccc2)cc1.c1ccc(P(c2ccccc2)c2ccccc2)cc1. The predicted molar refractivity (Wildman–Crippen MR) is 561 cm³/mol. The third-order valence-electron chi connectivity index (χ3n) is 21.3. The fraction of sp³-hybridized carbons (Fsp3) is 0.114. The van der Waals surface area contributed by atoms with Crippen LogP contribution in [0.4, 0.5) is 23.5 Å². The van der Waals surface area contributed by atoms with E-state index in [9.17, 15) is 9.59 Å². The van der Waals surface area contributed by atoms with Crippen molar-refractivity contribution in [3.63, 3.8) is 0 Å². The molecular formula is C105H96BCl5Cs2N12O9P4Pd. The number of aromatic nitrogens is 6. The molecule has 700 valence electrons. The maximum atomic E-state index is 11.9. The van der Waals surface area contributed by atoms with Gasteiger partial charge >= 0.3 is 145 Å². The minimum atomic E-state index is -1.57. The molecule has 0 aliphatic carbocycles. The molecule has 0 saturated carbocycles. The predicted octanol–water partition coefficient (Wildman–Crippen LogP) is 7.63. The monoisotopic (exact) mass is 2350 g/mol. The maximum absolute atomic E-state index is 11.9. The number of nitrogen functional groups attached to an aromatic ring is 2. The van der Waals surface area contributed by atoms with Crippen LogP contribution in [0.1, 0.15) is 1.43 Å². The zero-order valence-electron chi connectivity index (χ0n) is 76.9. The van der Waals surface area contributed by atoms with Crippen LogP contribution in [-0.2, 0) is 49.2 Å². The molecule has 0 radical (unpaired) electrons. The standard InChI is InChI=1S/4C18H15P.C16H16Cl2N6O2.C10H13ClN6O2.C6H5BCl2O2.CH2O3.2Cs.Pd.H/c4*1-4-10-16(11-5-1)19(17-12-6-2-7-13-17)18-14-8-3-9-15-18;17-11-3-1-2-10(13(11)18)14-15(19)20-16(22-21-14)23-4-5-24-9(6-23)7-26-8-12(24)25;11-8-9(12)13-10(15-14-8)16-1-2-17-6(3-16)4-19-5-7(17)18;8-5-3-1-2-4(6(5)9)7(10)11;2-1-4-3;;;;/h4*1-15H;1-3,9H,4-8H2,(H2,19,20,22);6H,1-5H2,(H2,12,13,15);1-3,10-11H;1,3H;;;;/q;;;;;;;;2*+1;;-1/p-1/t;;;;9-;6-;;;;;;/m....11....../s1. The summed E-state index contributed by atoms with van der Waals surface area (Å²) < 4.78 is 10.6. The number of benzene rings is 14. The van der Waals surface area contributed by atoms with Crippen molar-refractivity contribution in [2.75, 3.05) is 87.0 Å². The number of carbonyl (C=O) groups excluding carboxylic acids is 3. The van der Waals surface area contributed by atoms with Gasteiger partial charge in [-0.3, -0.25) is 14.4 Å². The first-order valence-electron chi connectivity index (χ1n) is 43.2. The van der Waals surface area contributed by atoms with Crippen molar-refractivity contribution in [1.82, 2.24) is 40.2 Å². The smallest absolute Gasteiger partial charge is 1.00 e. The van der Waals surface area contributed by atoms with E-state index in [2.05, 4.69) is 399 Å². The molecule has 34 heteroatoms. The van der Waals surface area contributed by atoms with E-state index in [1.54, 1.807) is 30.3 Å². The number of morpholine rings is 2. The molecule has 139 heavy (non-hydrogen) atoms. The minimum Gasteiger partial charge on any atom is -1.00 e. The van der Waals surface area contributed by atoms with Crippen molar-refractivity contribution in [2.45, 2.75) is 12.1 Å². The zero-order chi connectivity index (χ0) is 95.2. The maximum Gasteiger partial charge on any atom is 1.00 e. The number of carbonyl (C=O) groups is 3. The molecule has 6 N–H and O–H groups in total. The Labute approximate surface area is 973 Å². The number of rotatable bonds is 17. The number of nitrogens with zero attached hydrogens (tertiary/aromatic N) is 10. The fourth-order valence-corrected chi connectivity index (χ4v) is 25.1. The average Bonchev–Trinajstić information content (AvgIpc) is 0.907. The number of amides is 2. The Kier molecular flexibility index (Phi) is 49.8. The van der Waals surface area contributed by atoms with Crippen molar-refractivity contribution in [3.8, 4) is 11.3 Å². The fourth-order valence-electron chi connectivity index (χ4n) is 15.0. The molecular weight excluding hydrogens is 2260 g/mol. The molecule has 21 nitrogen and oxygen atoms in total. The van der Waals surface area contributed by atoms with E-state index in [0.717, 1.165) is 0 Å². The summed E-state index contributed by atoms with van der Waals surface area (Å²) >= 11 is 29.2. The van der Waals surface area contributed by atoms with Crippen molar-refractivity contribution in [1.29, 1.82) is 0 Å².